The van der Waals surface area contributed by atoms with Gasteiger partial charge in [-0.2, -0.15) is 0 Å². The van der Waals surface area contributed by atoms with Crippen molar-refractivity contribution in [1.82, 2.24) is 4.90 Å². The largest absolute Gasteiger partial charge is 0.508 e. The summed E-state index contributed by atoms with van der Waals surface area (Å²) < 4.78 is 12.9. The van der Waals surface area contributed by atoms with Gasteiger partial charge in [0.25, 0.3) is 0 Å². The number of phenolic OH excluding ortho intramolecular Hbond substituents is 1. The lowest BCUT2D eigenvalue weighted by Gasteiger charge is -2.36. The molecule has 1 saturated heterocycles. The molecule has 1 aromatic heterocycles. The van der Waals surface area contributed by atoms with E-state index in [1.165, 1.54) is 11.3 Å². The van der Waals surface area contributed by atoms with Crippen molar-refractivity contribution in [2.45, 2.75) is 13.8 Å². The van der Waals surface area contributed by atoms with E-state index in [-0.39, 0.29) is 11.5 Å². The van der Waals surface area contributed by atoms with Crippen molar-refractivity contribution >= 4 is 27.2 Å². The van der Waals surface area contributed by atoms with Crippen LogP contribution < -0.4 is 9.47 Å². The van der Waals surface area contributed by atoms with Gasteiger partial charge in [-0.15, -0.1) is 11.3 Å². The average Bonchev–Trinajstić information content (AvgIpc) is 3.16. The number of hydrogen-bond donors (Lipinski definition) is 1. The number of hydrogen-bond acceptors (Lipinski definition) is 6. The lowest BCUT2D eigenvalue weighted by atomic mass is 10.0. The first kappa shape index (κ1) is 22.4. The van der Waals surface area contributed by atoms with Crippen LogP contribution in [0.3, 0.4) is 0 Å². The number of carbonyl (C=O) groups excluding carboxylic acids is 1. The molecule has 1 N–H and O–H groups in total. The molecule has 1 aliphatic heterocycles. The van der Waals surface area contributed by atoms with Gasteiger partial charge in [0.05, 0.1) is 0 Å². The number of benzene rings is 3. The molecule has 1 fully saturated rings. The van der Waals surface area contributed by atoms with Gasteiger partial charge in [0, 0.05) is 35.3 Å². The summed E-state index contributed by atoms with van der Waals surface area (Å²) in [6.45, 7) is 8.06. The van der Waals surface area contributed by atoms with Gasteiger partial charge < -0.3 is 14.6 Å². The predicted octanol–water partition coefficient (Wildman–Crippen LogP) is 6.27. The Hall–Kier alpha value is -3.35. The van der Waals surface area contributed by atoms with Gasteiger partial charge in [0.15, 0.2) is 5.75 Å². The van der Waals surface area contributed by atoms with Crippen molar-refractivity contribution in [2.75, 3.05) is 26.2 Å². The maximum absolute atomic E-state index is 13.5. The minimum absolute atomic E-state index is 0.0888. The second kappa shape index (κ2) is 9.49. The highest BCUT2D eigenvalue weighted by atomic mass is 32.1. The van der Waals surface area contributed by atoms with E-state index in [1.807, 2.05) is 55.5 Å². The van der Waals surface area contributed by atoms with Crippen LogP contribution in [0.2, 0.25) is 0 Å². The third kappa shape index (κ3) is 4.65. The molecule has 0 saturated carbocycles. The fourth-order valence-electron chi connectivity index (χ4n) is 4.29. The number of carbonyl (C=O) groups is 1. The van der Waals surface area contributed by atoms with Gasteiger partial charge in [-0.3, -0.25) is 9.69 Å². The molecular weight excluding hydrogens is 446 g/mol. The minimum Gasteiger partial charge on any atom is -0.508 e. The van der Waals surface area contributed by atoms with Crippen molar-refractivity contribution in [3.63, 3.8) is 0 Å². The summed E-state index contributed by atoms with van der Waals surface area (Å²) in [6, 6.07) is 20.1. The van der Waals surface area contributed by atoms with Gasteiger partial charge in [-0.05, 0) is 60.9 Å². The van der Waals surface area contributed by atoms with Crippen molar-refractivity contribution in [3.8, 4) is 23.0 Å². The summed E-state index contributed by atoms with van der Waals surface area (Å²) in [5.41, 5.74) is 1.55. The Morgan fingerprint density at radius 3 is 2.53 bits per heavy atom. The van der Waals surface area contributed by atoms with Crippen LogP contribution in [0.5, 0.6) is 23.0 Å². The molecule has 2 heterocycles. The van der Waals surface area contributed by atoms with Crippen LogP contribution in [0.4, 0.5) is 0 Å². The summed E-state index contributed by atoms with van der Waals surface area (Å²) in [6.07, 6.45) is 0. The van der Waals surface area contributed by atoms with Crippen molar-refractivity contribution in [2.24, 2.45) is 5.92 Å². The van der Waals surface area contributed by atoms with Gasteiger partial charge in [0.2, 0.25) is 5.78 Å². The van der Waals surface area contributed by atoms with Crippen LogP contribution >= 0.6 is 11.3 Å². The van der Waals surface area contributed by atoms with E-state index in [4.69, 9.17) is 9.47 Å². The maximum atomic E-state index is 13.5. The molecule has 0 aliphatic carbocycles. The molecule has 0 unspecified atom stereocenters. The number of rotatable bonds is 8. The highest BCUT2D eigenvalue weighted by Crippen LogP contribution is 2.43. The van der Waals surface area contributed by atoms with E-state index >= 15 is 0 Å². The van der Waals surface area contributed by atoms with Crippen LogP contribution in [-0.4, -0.2) is 42.0 Å². The van der Waals surface area contributed by atoms with E-state index in [9.17, 15) is 9.90 Å². The maximum Gasteiger partial charge on any atom is 0.207 e. The second-order valence-electron chi connectivity index (χ2n) is 8.87. The first-order chi connectivity index (χ1) is 16.5. The van der Waals surface area contributed by atoms with E-state index in [1.54, 1.807) is 18.2 Å². The first-order valence-electron chi connectivity index (χ1n) is 11.5. The van der Waals surface area contributed by atoms with Crippen molar-refractivity contribution in [3.05, 3.63) is 82.7 Å². The second-order valence-corrected chi connectivity index (χ2v) is 9.92. The molecule has 34 heavy (non-hydrogen) atoms. The number of aromatic hydroxyl groups is 1. The quantitative estimate of drug-likeness (QED) is 0.306. The molecule has 0 amide bonds. The highest BCUT2D eigenvalue weighted by Gasteiger charge is 2.24. The molecule has 0 radical (unpaired) electrons. The number of nitrogens with zero attached hydrogens (tertiary/aromatic N) is 1. The molecule has 0 bridgehead atoms. The summed E-state index contributed by atoms with van der Waals surface area (Å²) >= 11 is 1.33. The molecule has 3 aromatic carbocycles. The van der Waals surface area contributed by atoms with Gasteiger partial charge >= 0.3 is 0 Å². The third-order valence-corrected chi connectivity index (χ3v) is 7.22. The minimum atomic E-state index is -0.0888. The molecule has 5 rings (SSSR count). The SMILES string of the molecule is Cc1ccccc1C(=O)c1sc2cc(O)ccc2c1Oc1ccc(OCCN2CC(C)C2)cc1. The fourth-order valence-corrected chi connectivity index (χ4v) is 5.40. The Kier molecular flexibility index (Phi) is 6.26. The standard InChI is InChI=1S/C28H27NO4S/c1-18-16-29(17-18)13-14-32-21-8-10-22(11-9-21)33-27-24-12-7-20(30)15-25(24)34-28(27)26(31)23-6-4-3-5-19(23)2/h3-12,15,18,30H,13-14,16-17H2,1-2H3. The number of phenols is 1. The number of fused-ring (bicyclic) bond motifs is 1. The lowest BCUT2D eigenvalue weighted by molar-refractivity contribution is 0.0932. The zero-order chi connectivity index (χ0) is 23.7. The summed E-state index contributed by atoms with van der Waals surface area (Å²) in [5, 5.41) is 10.7. The Morgan fingerprint density at radius 2 is 1.79 bits per heavy atom. The van der Waals surface area contributed by atoms with Gasteiger partial charge in [-0.25, -0.2) is 0 Å². The zero-order valence-electron chi connectivity index (χ0n) is 19.3. The Balaban J connectivity index is 1.38. The summed E-state index contributed by atoms with van der Waals surface area (Å²) in [7, 11) is 0. The third-order valence-electron chi connectivity index (χ3n) is 6.08. The number of likely N-dealkylation sites (tertiary alicyclic amines) is 1. The summed E-state index contributed by atoms with van der Waals surface area (Å²) in [4.78, 5) is 16.4. The first-order valence-corrected chi connectivity index (χ1v) is 12.3. The average molecular weight is 474 g/mol. The smallest absolute Gasteiger partial charge is 0.207 e. The Morgan fingerprint density at radius 1 is 1.06 bits per heavy atom. The lowest BCUT2D eigenvalue weighted by Crippen LogP contribution is -2.46. The molecule has 174 valence electrons. The Labute approximate surface area is 203 Å². The topological polar surface area (TPSA) is 59.0 Å². The van der Waals surface area contributed by atoms with Crippen LogP contribution in [-0.2, 0) is 0 Å². The van der Waals surface area contributed by atoms with E-state index in [2.05, 4.69) is 11.8 Å². The molecule has 0 atom stereocenters. The van der Waals surface area contributed by atoms with Gasteiger partial charge in [0.1, 0.15) is 28.7 Å². The van der Waals surface area contributed by atoms with E-state index in [0.29, 0.717) is 28.5 Å². The van der Waals surface area contributed by atoms with Crippen molar-refractivity contribution < 1.29 is 19.4 Å². The van der Waals surface area contributed by atoms with Crippen LogP contribution in [0.1, 0.15) is 27.7 Å². The molecule has 5 nitrogen and oxygen atoms in total. The number of ketones is 1. The predicted molar refractivity (Wildman–Crippen MR) is 136 cm³/mol. The van der Waals surface area contributed by atoms with Gasteiger partial charge in [-0.1, -0.05) is 31.2 Å². The zero-order valence-corrected chi connectivity index (χ0v) is 20.1. The fraction of sp³-hybridized carbons (Fsp3) is 0.250. The number of thiophene rings is 1. The van der Waals surface area contributed by atoms with E-state index < -0.39 is 0 Å². The van der Waals surface area contributed by atoms with Crippen molar-refractivity contribution in [1.29, 1.82) is 0 Å². The van der Waals surface area contributed by atoms with Crippen LogP contribution in [0.25, 0.3) is 10.1 Å². The van der Waals surface area contributed by atoms with E-state index in [0.717, 1.165) is 47.0 Å². The molecular formula is C28H27NO4S. The molecule has 6 heteroatoms. The normalized spacial score (nSPS) is 14.2. The molecule has 1 aliphatic rings. The van der Waals surface area contributed by atoms with Crippen LogP contribution in [0, 0.1) is 12.8 Å². The van der Waals surface area contributed by atoms with Crippen LogP contribution in [0.15, 0.2) is 66.7 Å². The number of aryl methyl sites for hydroxylation is 1. The molecule has 0 spiro atoms. The number of ether oxygens (including phenoxy) is 2. The molecule has 4 aromatic rings. The summed E-state index contributed by atoms with van der Waals surface area (Å²) in [5.74, 6) is 2.77. The highest BCUT2D eigenvalue weighted by molar-refractivity contribution is 7.21. The monoisotopic (exact) mass is 473 g/mol. The Bertz CT molecular complexity index is 1320.